The molecular formula is C19H32O6. The normalized spacial score (nSPS) is 11.1. The second-order valence-corrected chi connectivity index (χ2v) is 5.87. The number of ether oxygens (including phenoxy) is 4. The van der Waals surface area contributed by atoms with Crippen LogP contribution in [0.2, 0.25) is 0 Å². The molecule has 1 aromatic carbocycles. The number of benzene rings is 1. The van der Waals surface area contributed by atoms with E-state index in [1.54, 1.807) is 0 Å². The highest BCUT2D eigenvalue weighted by Crippen LogP contribution is 2.34. The lowest BCUT2D eigenvalue weighted by Gasteiger charge is -2.19. The zero-order chi connectivity index (χ0) is 18.5. The first-order valence-corrected chi connectivity index (χ1v) is 8.93. The lowest BCUT2D eigenvalue weighted by molar-refractivity contribution is 0.0644. The first-order valence-electron chi connectivity index (χ1n) is 8.93. The van der Waals surface area contributed by atoms with Gasteiger partial charge in [0.15, 0.2) is 11.5 Å². The number of hydrogen-bond donors (Lipinski definition) is 2. The van der Waals surface area contributed by atoms with Crippen LogP contribution in [0.1, 0.15) is 37.8 Å². The largest absolute Gasteiger partial charge is 0.487 e. The highest BCUT2D eigenvalue weighted by Gasteiger charge is 2.14. The van der Waals surface area contributed by atoms with Crippen LogP contribution in [0, 0.1) is 0 Å². The van der Waals surface area contributed by atoms with Crippen molar-refractivity contribution in [2.24, 2.45) is 0 Å². The molecule has 0 spiro atoms. The summed E-state index contributed by atoms with van der Waals surface area (Å²) >= 11 is 0. The van der Waals surface area contributed by atoms with Crippen molar-refractivity contribution in [2.75, 3.05) is 52.9 Å². The standard InChI is InChI=1S/C19H32O6/c1-4-16-13-18(24-11-9-22-7-5-20)19(14-17(16)15(2)3)25-12-10-23-8-6-21/h13-15,20-21H,4-12H2,1-3H3. The van der Waals surface area contributed by atoms with Crippen LogP contribution in [0.5, 0.6) is 11.5 Å². The molecule has 6 nitrogen and oxygen atoms in total. The molecule has 0 aliphatic heterocycles. The molecule has 0 aliphatic rings. The van der Waals surface area contributed by atoms with Gasteiger partial charge in [-0.2, -0.15) is 0 Å². The maximum absolute atomic E-state index is 8.73. The van der Waals surface area contributed by atoms with Crippen molar-refractivity contribution in [3.63, 3.8) is 0 Å². The van der Waals surface area contributed by atoms with Gasteiger partial charge in [-0.05, 0) is 35.6 Å². The Balaban J connectivity index is 2.77. The second-order valence-electron chi connectivity index (χ2n) is 5.87. The van der Waals surface area contributed by atoms with Gasteiger partial charge in [-0.1, -0.05) is 20.8 Å². The second kappa shape index (κ2) is 12.9. The van der Waals surface area contributed by atoms with Crippen LogP contribution in [-0.4, -0.2) is 63.1 Å². The van der Waals surface area contributed by atoms with Crippen LogP contribution < -0.4 is 9.47 Å². The molecule has 0 amide bonds. The minimum absolute atomic E-state index is 0.00486. The highest BCUT2D eigenvalue weighted by molar-refractivity contribution is 5.48. The number of aryl methyl sites for hydroxylation is 1. The topological polar surface area (TPSA) is 77.4 Å². The Labute approximate surface area is 150 Å². The summed E-state index contributed by atoms with van der Waals surface area (Å²) < 4.78 is 22.1. The Hall–Kier alpha value is -1.34. The monoisotopic (exact) mass is 356 g/mol. The van der Waals surface area contributed by atoms with E-state index < -0.39 is 0 Å². The zero-order valence-electron chi connectivity index (χ0n) is 15.6. The first-order chi connectivity index (χ1) is 12.1. The molecule has 0 saturated carbocycles. The Morgan fingerprint density at radius 2 is 1.32 bits per heavy atom. The SMILES string of the molecule is CCc1cc(OCCOCCO)c(OCCOCCO)cc1C(C)C. The third-order valence-electron chi connectivity index (χ3n) is 3.65. The Kier molecular flexibility index (Phi) is 11.2. The van der Waals surface area contributed by atoms with Gasteiger partial charge >= 0.3 is 0 Å². The minimum Gasteiger partial charge on any atom is -0.487 e. The van der Waals surface area contributed by atoms with Crippen LogP contribution in [0.3, 0.4) is 0 Å². The molecule has 0 saturated heterocycles. The van der Waals surface area contributed by atoms with Gasteiger partial charge < -0.3 is 29.2 Å². The number of hydrogen-bond acceptors (Lipinski definition) is 6. The molecule has 0 unspecified atom stereocenters. The van der Waals surface area contributed by atoms with Gasteiger partial charge in [0.1, 0.15) is 13.2 Å². The summed E-state index contributed by atoms with van der Waals surface area (Å²) in [6, 6.07) is 4.07. The third-order valence-corrected chi connectivity index (χ3v) is 3.65. The summed E-state index contributed by atoms with van der Waals surface area (Å²) in [5.74, 6) is 1.77. The third kappa shape index (κ3) is 8.05. The lowest BCUT2D eigenvalue weighted by atomic mass is 9.95. The highest BCUT2D eigenvalue weighted by atomic mass is 16.6. The van der Waals surface area contributed by atoms with Gasteiger partial charge in [0.05, 0.1) is 39.6 Å². The molecule has 6 heteroatoms. The van der Waals surface area contributed by atoms with E-state index in [4.69, 9.17) is 29.2 Å². The van der Waals surface area contributed by atoms with Crippen LogP contribution in [0.4, 0.5) is 0 Å². The number of rotatable bonds is 14. The van der Waals surface area contributed by atoms with Crippen molar-refractivity contribution in [1.29, 1.82) is 0 Å². The quantitative estimate of drug-likeness (QED) is 0.498. The molecule has 144 valence electrons. The van der Waals surface area contributed by atoms with Gasteiger partial charge in [0, 0.05) is 0 Å². The molecule has 1 aromatic rings. The van der Waals surface area contributed by atoms with Gasteiger partial charge in [-0.15, -0.1) is 0 Å². The van der Waals surface area contributed by atoms with Gasteiger partial charge in [-0.3, -0.25) is 0 Å². The van der Waals surface area contributed by atoms with E-state index in [1.165, 1.54) is 11.1 Å². The lowest BCUT2D eigenvalue weighted by Crippen LogP contribution is -2.12. The van der Waals surface area contributed by atoms with Gasteiger partial charge in [-0.25, -0.2) is 0 Å². The van der Waals surface area contributed by atoms with Crippen molar-refractivity contribution in [3.8, 4) is 11.5 Å². The van der Waals surface area contributed by atoms with Crippen LogP contribution in [0.15, 0.2) is 12.1 Å². The Morgan fingerprint density at radius 1 is 0.800 bits per heavy atom. The molecule has 0 bridgehead atoms. The molecule has 25 heavy (non-hydrogen) atoms. The molecule has 1 rings (SSSR count). The fourth-order valence-electron chi connectivity index (χ4n) is 2.44. The maximum atomic E-state index is 8.73. The van der Waals surface area contributed by atoms with E-state index in [0.29, 0.717) is 57.1 Å². The first kappa shape index (κ1) is 21.7. The summed E-state index contributed by atoms with van der Waals surface area (Å²) in [4.78, 5) is 0. The molecular weight excluding hydrogens is 324 g/mol. The molecule has 0 aliphatic carbocycles. The Bertz CT molecular complexity index is 475. The van der Waals surface area contributed by atoms with Crippen molar-refractivity contribution >= 4 is 0 Å². The molecule has 0 atom stereocenters. The van der Waals surface area contributed by atoms with E-state index in [1.807, 2.05) is 12.1 Å². The average Bonchev–Trinajstić information content (AvgIpc) is 2.61. The summed E-state index contributed by atoms with van der Waals surface area (Å²) in [5.41, 5.74) is 2.49. The van der Waals surface area contributed by atoms with E-state index in [-0.39, 0.29) is 13.2 Å². The Morgan fingerprint density at radius 3 is 1.76 bits per heavy atom. The molecule has 0 aromatic heterocycles. The van der Waals surface area contributed by atoms with Crippen LogP contribution in [0.25, 0.3) is 0 Å². The van der Waals surface area contributed by atoms with Crippen LogP contribution >= 0.6 is 0 Å². The molecule has 0 radical (unpaired) electrons. The number of aliphatic hydroxyl groups is 2. The van der Waals surface area contributed by atoms with Crippen molar-refractivity contribution in [3.05, 3.63) is 23.3 Å². The van der Waals surface area contributed by atoms with Crippen LogP contribution in [-0.2, 0) is 15.9 Å². The molecule has 0 fully saturated rings. The van der Waals surface area contributed by atoms with Crippen molar-refractivity contribution in [2.45, 2.75) is 33.1 Å². The van der Waals surface area contributed by atoms with E-state index in [2.05, 4.69) is 20.8 Å². The predicted octanol–water partition coefficient (Wildman–Crippen LogP) is 2.15. The fraction of sp³-hybridized carbons (Fsp3) is 0.684. The van der Waals surface area contributed by atoms with Crippen molar-refractivity contribution < 1.29 is 29.2 Å². The summed E-state index contributed by atoms with van der Waals surface area (Å²) in [7, 11) is 0. The summed E-state index contributed by atoms with van der Waals surface area (Å²) in [6.07, 6.45) is 0.921. The summed E-state index contributed by atoms with van der Waals surface area (Å²) in [5, 5.41) is 17.5. The summed E-state index contributed by atoms with van der Waals surface area (Å²) in [6.45, 7) is 8.66. The molecule has 0 heterocycles. The smallest absolute Gasteiger partial charge is 0.161 e. The van der Waals surface area contributed by atoms with Crippen molar-refractivity contribution in [1.82, 2.24) is 0 Å². The van der Waals surface area contributed by atoms with E-state index in [0.717, 1.165) is 6.42 Å². The number of aliphatic hydroxyl groups excluding tert-OH is 2. The van der Waals surface area contributed by atoms with Gasteiger partial charge in [0.25, 0.3) is 0 Å². The zero-order valence-corrected chi connectivity index (χ0v) is 15.6. The van der Waals surface area contributed by atoms with E-state index in [9.17, 15) is 0 Å². The predicted molar refractivity (Wildman–Crippen MR) is 96.7 cm³/mol. The van der Waals surface area contributed by atoms with Gasteiger partial charge in [0.2, 0.25) is 0 Å². The maximum Gasteiger partial charge on any atom is 0.161 e. The fourth-order valence-corrected chi connectivity index (χ4v) is 2.44. The van der Waals surface area contributed by atoms with E-state index >= 15 is 0 Å². The minimum atomic E-state index is 0.00486. The molecule has 2 N–H and O–H groups in total. The average molecular weight is 356 g/mol.